The zero-order valence-corrected chi connectivity index (χ0v) is 11.4. The van der Waals surface area contributed by atoms with Crippen LogP contribution in [0.2, 0.25) is 0 Å². The van der Waals surface area contributed by atoms with E-state index in [0.717, 1.165) is 6.54 Å². The summed E-state index contributed by atoms with van der Waals surface area (Å²) in [5.74, 6) is 0.227. The average Bonchev–Trinajstić information content (AvgIpc) is 2.85. The number of nitro groups is 1. The van der Waals surface area contributed by atoms with Crippen LogP contribution in [0.4, 0.5) is 11.4 Å². The molecule has 1 aliphatic rings. The van der Waals surface area contributed by atoms with Gasteiger partial charge in [-0.3, -0.25) is 14.9 Å². The minimum Gasteiger partial charge on any atom is -0.496 e. The first-order chi connectivity index (χ1) is 9.52. The highest BCUT2D eigenvalue weighted by atomic mass is 16.6. The maximum absolute atomic E-state index is 12.1. The first-order valence-corrected chi connectivity index (χ1v) is 6.37. The predicted molar refractivity (Wildman–Crippen MR) is 73.8 cm³/mol. The number of hydrogen-bond acceptors (Lipinski definition) is 5. The molecule has 0 aromatic heterocycles. The summed E-state index contributed by atoms with van der Waals surface area (Å²) >= 11 is 0. The molecule has 1 fully saturated rings. The van der Waals surface area contributed by atoms with E-state index in [1.165, 1.54) is 19.2 Å². The minimum absolute atomic E-state index is 0.170. The summed E-state index contributed by atoms with van der Waals surface area (Å²) in [7, 11) is 1.43. The fourth-order valence-corrected chi connectivity index (χ4v) is 2.28. The van der Waals surface area contributed by atoms with Gasteiger partial charge in [-0.2, -0.15) is 0 Å². The van der Waals surface area contributed by atoms with E-state index < -0.39 is 4.92 Å². The molecule has 0 unspecified atom stereocenters. The van der Waals surface area contributed by atoms with Gasteiger partial charge in [0.15, 0.2) is 0 Å². The number of ether oxygens (including phenoxy) is 1. The third-order valence-electron chi connectivity index (χ3n) is 3.51. The minimum atomic E-state index is -0.533. The van der Waals surface area contributed by atoms with E-state index in [9.17, 15) is 14.9 Å². The first-order valence-electron chi connectivity index (χ1n) is 6.37. The highest BCUT2D eigenvalue weighted by Gasteiger charge is 2.30. The zero-order chi connectivity index (χ0) is 14.7. The second-order valence-corrected chi connectivity index (χ2v) is 4.87. The molecule has 0 saturated carbocycles. The van der Waals surface area contributed by atoms with Crippen molar-refractivity contribution in [1.29, 1.82) is 0 Å². The van der Waals surface area contributed by atoms with E-state index in [-0.39, 0.29) is 29.1 Å². The number of carbonyl (C=O) groups is 1. The lowest BCUT2D eigenvalue weighted by Crippen LogP contribution is -2.28. The molecule has 0 bridgehead atoms. The van der Waals surface area contributed by atoms with Gasteiger partial charge in [-0.05, 0) is 24.6 Å². The van der Waals surface area contributed by atoms with Gasteiger partial charge in [0.25, 0.3) is 5.69 Å². The largest absolute Gasteiger partial charge is 0.496 e. The van der Waals surface area contributed by atoms with Gasteiger partial charge in [0.2, 0.25) is 5.91 Å². The van der Waals surface area contributed by atoms with Gasteiger partial charge in [0, 0.05) is 6.54 Å². The van der Waals surface area contributed by atoms with E-state index in [2.05, 4.69) is 10.6 Å². The Bertz CT molecular complexity index is 532. The summed E-state index contributed by atoms with van der Waals surface area (Å²) in [6, 6.07) is 4.37. The molecule has 1 heterocycles. The Hall–Kier alpha value is -2.15. The molecule has 2 N–H and O–H groups in total. The molecule has 1 amide bonds. The Balaban J connectivity index is 2.20. The van der Waals surface area contributed by atoms with Crippen LogP contribution in [0.5, 0.6) is 5.75 Å². The number of anilines is 1. The van der Waals surface area contributed by atoms with Crippen molar-refractivity contribution in [1.82, 2.24) is 5.32 Å². The van der Waals surface area contributed by atoms with Crippen LogP contribution >= 0.6 is 0 Å². The van der Waals surface area contributed by atoms with Gasteiger partial charge in [-0.1, -0.05) is 6.92 Å². The van der Waals surface area contributed by atoms with Gasteiger partial charge < -0.3 is 15.4 Å². The molecule has 0 aliphatic carbocycles. The highest BCUT2D eigenvalue weighted by Crippen LogP contribution is 2.30. The third kappa shape index (κ3) is 2.88. The van der Waals surface area contributed by atoms with E-state index in [1.54, 1.807) is 6.07 Å². The van der Waals surface area contributed by atoms with Gasteiger partial charge in [-0.15, -0.1) is 0 Å². The molecule has 0 spiro atoms. The fourth-order valence-electron chi connectivity index (χ4n) is 2.28. The topological polar surface area (TPSA) is 93.5 Å². The van der Waals surface area contributed by atoms with Gasteiger partial charge in [0.05, 0.1) is 24.0 Å². The number of nitrogens with zero attached hydrogens (tertiary/aromatic N) is 1. The van der Waals surface area contributed by atoms with Crippen molar-refractivity contribution >= 4 is 17.3 Å². The summed E-state index contributed by atoms with van der Waals surface area (Å²) in [6.07, 6.45) is 0. The number of nitro benzene ring substituents is 1. The Labute approximate surface area is 116 Å². The molecule has 1 aliphatic heterocycles. The van der Waals surface area contributed by atoms with Crippen LogP contribution in [0.3, 0.4) is 0 Å². The lowest BCUT2D eigenvalue weighted by Gasteiger charge is -2.14. The van der Waals surface area contributed by atoms with Crippen molar-refractivity contribution in [3.05, 3.63) is 28.3 Å². The molecule has 7 nitrogen and oxygen atoms in total. The highest BCUT2D eigenvalue weighted by molar-refractivity contribution is 5.95. The summed E-state index contributed by atoms with van der Waals surface area (Å²) < 4.78 is 4.95. The number of nitrogens with one attached hydrogen (secondary N) is 2. The molecule has 1 aromatic carbocycles. The number of hydrogen-bond donors (Lipinski definition) is 2. The van der Waals surface area contributed by atoms with Crippen LogP contribution in [-0.4, -0.2) is 31.0 Å². The van der Waals surface area contributed by atoms with Crippen molar-refractivity contribution in [2.24, 2.45) is 11.8 Å². The Morgan fingerprint density at radius 2 is 2.25 bits per heavy atom. The lowest BCUT2D eigenvalue weighted by molar-refractivity contribution is -0.384. The fraction of sp³-hybridized carbons (Fsp3) is 0.462. The van der Waals surface area contributed by atoms with Gasteiger partial charge >= 0.3 is 0 Å². The molecule has 7 heteroatoms. The molecular weight excluding hydrogens is 262 g/mol. The number of carbonyl (C=O) groups excluding carboxylic acids is 1. The smallest absolute Gasteiger partial charge is 0.296 e. The quantitative estimate of drug-likeness (QED) is 0.642. The lowest BCUT2D eigenvalue weighted by atomic mass is 9.97. The summed E-state index contributed by atoms with van der Waals surface area (Å²) in [6.45, 7) is 3.35. The number of methoxy groups -OCH3 is 1. The first kappa shape index (κ1) is 14.3. The molecule has 2 atom stereocenters. The van der Waals surface area contributed by atoms with E-state index >= 15 is 0 Å². The molecule has 108 valence electrons. The van der Waals surface area contributed by atoms with Crippen molar-refractivity contribution < 1.29 is 14.5 Å². The van der Waals surface area contributed by atoms with Crippen molar-refractivity contribution in [3.8, 4) is 5.75 Å². The Morgan fingerprint density at radius 1 is 1.50 bits per heavy atom. The number of benzene rings is 1. The Kier molecular flexibility index (Phi) is 4.19. The number of amides is 1. The monoisotopic (exact) mass is 279 g/mol. The molecule has 1 saturated heterocycles. The van der Waals surface area contributed by atoms with Crippen LogP contribution in [0.25, 0.3) is 0 Å². The normalized spacial score (nSPS) is 21.5. The van der Waals surface area contributed by atoms with Crippen LogP contribution in [0, 0.1) is 22.0 Å². The van der Waals surface area contributed by atoms with Crippen LogP contribution in [-0.2, 0) is 4.79 Å². The summed E-state index contributed by atoms with van der Waals surface area (Å²) in [5.41, 5.74) is 0.0243. The standard InChI is InChI=1S/C13H17N3O4/c1-8-6-14-7-10(8)13(17)15-11-4-3-9(20-2)5-12(11)16(18)19/h3-5,8,10,14H,6-7H2,1-2H3,(H,15,17)/t8-,10-/m1/s1. The van der Waals surface area contributed by atoms with E-state index in [1.807, 2.05) is 6.92 Å². The maximum atomic E-state index is 12.1. The van der Waals surface area contributed by atoms with Crippen LogP contribution < -0.4 is 15.4 Å². The summed E-state index contributed by atoms with van der Waals surface area (Å²) in [5, 5.41) is 16.8. The Morgan fingerprint density at radius 3 is 2.80 bits per heavy atom. The SMILES string of the molecule is COc1ccc(NC(=O)[C@@H]2CNC[C@H]2C)c([N+](=O)[O-])c1. The molecular formula is C13H17N3O4. The molecule has 1 aromatic rings. The van der Waals surface area contributed by atoms with Crippen LogP contribution in [0.15, 0.2) is 18.2 Å². The van der Waals surface area contributed by atoms with Gasteiger partial charge in [0.1, 0.15) is 11.4 Å². The second-order valence-electron chi connectivity index (χ2n) is 4.87. The number of rotatable bonds is 4. The predicted octanol–water partition coefficient (Wildman–Crippen LogP) is 1.40. The molecule has 2 rings (SSSR count). The molecule has 0 radical (unpaired) electrons. The average molecular weight is 279 g/mol. The van der Waals surface area contributed by atoms with E-state index in [4.69, 9.17) is 4.74 Å². The van der Waals surface area contributed by atoms with Crippen molar-refractivity contribution in [3.63, 3.8) is 0 Å². The van der Waals surface area contributed by atoms with E-state index in [0.29, 0.717) is 12.3 Å². The van der Waals surface area contributed by atoms with Crippen LogP contribution in [0.1, 0.15) is 6.92 Å². The summed E-state index contributed by atoms with van der Waals surface area (Å²) in [4.78, 5) is 22.7. The van der Waals surface area contributed by atoms with Gasteiger partial charge in [-0.25, -0.2) is 0 Å². The molecule has 20 heavy (non-hydrogen) atoms. The second kappa shape index (κ2) is 5.87. The third-order valence-corrected chi connectivity index (χ3v) is 3.51. The maximum Gasteiger partial charge on any atom is 0.296 e. The zero-order valence-electron chi connectivity index (χ0n) is 11.4. The van der Waals surface area contributed by atoms with Crippen molar-refractivity contribution in [2.45, 2.75) is 6.92 Å². The van der Waals surface area contributed by atoms with Crippen molar-refractivity contribution in [2.75, 3.05) is 25.5 Å².